The first-order chi connectivity index (χ1) is 8.20. The van der Waals surface area contributed by atoms with E-state index in [1.807, 2.05) is 0 Å². The standard InChI is InChI=1S/C14H20N2O/c1-2-11-5-7-13(8-6-11)16-9-3-4-12(10-16)14(15)17/h5-8,12H,2-4,9-10H2,1H3,(H2,15,17). The largest absolute Gasteiger partial charge is 0.371 e. The zero-order chi connectivity index (χ0) is 12.3. The molecule has 1 aromatic rings. The van der Waals surface area contributed by atoms with Crippen molar-refractivity contribution < 1.29 is 4.79 Å². The van der Waals surface area contributed by atoms with Gasteiger partial charge in [0.2, 0.25) is 5.91 Å². The second kappa shape index (κ2) is 5.21. The highest BCUT2D eigenvalue weighted by Crippen LogP contribution is 2.23. The van der Waals surface area contributed by atoms with E-state index in [0.717, 1.165) is 32.4 Å². The summed E-state index contributed by atoms with van der Waals surface area (Å²) < 4.78 is 0. The highest BCUT2D eigenvalue weighted by Gasteiger charge is 2.23. The number of aryl methyl sites for hydroxylation is 1. The van der Waals surface area contributed by atoms with E-state index >= 15 is 0 Å². The van der Waals surface area contributed by atoms with E-state index in [1.54, 1.807) is 0 Å². The van der Waals surface area contributed by atoms with E-state index in [0.29, 0.717) is 0 Å². The number of hydrogen-bond acceptors (Lipinski definition) is 2. The molecule has 0 bridgehead atoms. The summed E-state index contributed by atoms with van der Waals surface area (Å²) >= 11 is 0. The van der Waals surface area contributed by atoms with Crippen molar-refractivity contribution in [3.05, 3.63) is 29.8 Å². The average molecular weight is 232 g/mol. The summed E-state index contributed by atoms with van der Waals surface area (Å²) in [6.07, 6.45) is 3.03. The molecule has 0 aromatic heterocycles. The molecule has 0 aliphatic carbocycles. The number of hydrogen-bond donors (Lipinski definition) is 1. The lowest BCUT2D eigenvalue weighted by Crippen LogP contribution is -2.41. The third-order valence-corrected chi connectivity index (χ3v) is 3.53. The molecule has 3 nitrogen and oxygen atoms in total. The number of nitrogens with two attached hydrogens (primary N) is 1. The first-order valence-corrected chi connectivity index (χ1v) is 6.34. The fourth-order valence-electron chi connectivity index (χ4n) is 2.39. The van der Waals surface area contributed by atoms with Gasteiger partial charge in [0, 0.05) is 18.8 Å². The zero-order valence-corrected chi connectivity index (χ0v) is 10.4. The van der Waals surface area contributed by atoms with Gasteiger partial charge < -0.3 is 10.6 Å². The molecule has 0 spiro atoms. The maximum Gasteiger partial charge on any atom is 0.222 e. The summed E-state index contributed by atoms with van der Waals surface area (Å²) in [4.78, 5) is 13.5. The number of carbonyl (C=O) groups is 1. The molecule has 0 saturated carbocycles. The lowest BCUT2D eigenvalue weighted by Gasteiger charge is -2.33. The van der Waals surface area contributed by atoms with Gasteiger partial charge in [-0.1, -0.05) is 19.1 Å². The lowest BCUT2D eigenvalue weighted by molar-refractivity contribution is -0.122. The Bertz CT molecular complexity index is 386. The SMILES string of the molecule is CCc1ccc(N2CCCC(C(N)=O)C2)cc1. The van der Waals surface area contributed by atoms with Gasteiger partial charge in [-0.2, -0.15) is 0 Å². The Kier molecular flexibility index (Phi) is 3.67. The normalized spacial score (nSPS) is 20.3. The van der Waals surface area contributed by atoms with E-state index in [1.165, 1.54) is 11.3 Å². The van der Waals surface area contributed by atoms with Gasteiger partial charge in [0.15, 0.2) is 0 Å². The first-order valence-electron chi connectivity index (χ1n) is 6.34. The second-order valence-corrected chi connectivity index (χ2v) is 4.71. The summed E-state index contributed by atoms with van der Waals surface area (Å²) in [5.41, 5.74) is 7.93. The van der Waals surface area contributed by atoms with Gasteiger partial charge in [-0.05, 0) is 37.0 Å². The Balaban J connectivity index is 2.08. The van der Waals surface area contributed by atoms with Gasteiger partial charge in [-0.15, -0.1) is 0 Å². The smallest absolute Gasteiger partial charge is 0.222 e. The molecule has 1 saturated heterocycles. The van der Waals surface area contributed by atoms with Crippen LogP contribution in [0.4, 0.5) is 5.69 Å². The molecule has 1 aliphatic rings. The molecule has 1 aromatic carbocycles. The van der Waals surface area contributed by atoms with Crippen LogP contribution in [0.1, 0.15) is 25.3 Å². The molecular formula is C14H20N2O. The number of rotatable bonds is 3. The minimum Gasteiger partial charge on any atom is -0.371 e. The maximum absolute atomic E-state index is 11.2. The van der Waals surface area contributed by atoms with E-state index in [2.05, 4.69) is 36.1 Å². The molecule has 17 heavy (non-hydrogen) atoms. The fraction of sp³-hybridized carbons (Fsp3) is 0.500. The third-order valence-electron chi connectivity index (χ3n) is 3.53. The molecule has 1 heterocycles. The summed E-state index contributed by atoms with van der Waals surface area (Å²) in [5.74, 6) is -0.158. The summed E-state index contributed by atoms with van der Waals surface area (Å²) in [6, 6.07) is 8.59. The highest BCUT2D eigenvalue weighted by atomic mass is 16.1. The summed E-state index contributed by atoms with van der Waals surface area (Å²) in [6.45, 7) is 3.94. The fourth-order valence-corrected chi connectivity index (χ4v) is 2.39. The molecule has 2 rings (SSSR count). The Hall–Kier alpha value is -1.51. The number of piperidine rings is 1. The molecule has 1 aliphatic heterocycles. The van der Waals surface area contributed by atoms with Gasteiger partial charge in [0.05, 0.1) is 5.92 Å². The molecule has 0 radical (unpaired) electrons. The Morgan fingerprint density at radius 2 is 2.12 bits per heavy atom. The quantitative estimate of drug-likeness (QED) is 0.865. The Morgan fingerprint density at radius 3 is 2.71 bits per heavy atom. The van der Waals surface area contributed by atoms with Gasteiger partial charge in [0.25, 0.3) is 0 Å². The number of amides is 1. The molecule has 1 fully saturated rings. The van der Waals surface area contributed by atoms with Crippen molar-refractivity contribution in [1.29, 1.82) is 0 Å². The maximum atomic E-state index is 11.2. The topological polar surface area (TPSA) is 46.3 Å². The van der Waals surface area contributed by atoms with Crippen LogP contribution in [0.15, 0.2) is 24.3 Å². The van der Waals surface area contributed by atoms with Crippen molar-refractivity contribution >= 4 is 11.6 Å². The van der Waals surface area contributed by atoms with Crippen LogP contribution in [0.5, 0.6) is 0 Å². The molecule has 3 heteroatoms. The van der Waals surface area contributed by atoms with Crippen molar-refractivity contribution in [3.63, 3.8) is 0 Å². The van der Waals surface area contributed by atoms with Gasteiger partial charge in [0.1, 0.15) is 0 Å². The van der Waals surface area contributed by atoms with E-state index in [9.17, 15) is 4.79 Å². The number of nitrogens with zero attached hydrogens (tertiary/aromatic N) is 1. The molecule has 92 valence electrons. The molecule has 1 unspecified atom stereocenters. The van der Waals surface area contributed by atoms with Crippen LogP contribution in [-0.2, 0) is 11.2 Å². The Morgan fingerprint density at radius 1 is 1.41 bits per heavy atom. The number of primary amides is 1. The third kappa shape index (κ3) is 2.78. The lowest BCUT2D eigenvalue weighted by atomic mass is 9.97. The van der Waals surface area contributed by atoms with Crippen molar-refractivity contribution in [3.8, 4) is 0 Å². The minimum atomic E-state index is -0.167. The number of benzene rings is 1. The second-order valence-electron chi connectivity index (χ2n) is 4.71. The van der Waals surface area contributed by atoms with Gasteiger partial charge in [-0.3, -0.25) is 4.79 Å². The predicted molar refractivity (Wildman–Crippen MR) is 70.0 cm³/mol. The number of carbonyl (C=O) groups excluding carboxylic acids is 1. The van der Waals surface area contributed by atoms with Crippen LogP contribution in [0.25, 0.3) is 0 Å². The van der Waals surface area contributed by atoms with Gasteiger partial charge in [-0.25, -0.2) is 0 Å². The summed E-state index contributed by atoms with van der Waals surface area (Å²) in [5, 5.41) is 0. The zero-order valence-electron chi connectivity index (χ0n) is 10.4. The van der Waals surface area contributed by atoms with Crippen LogP contribution in [0.2, 0.25) is 0 Å². The predicted octanol–water partition coefficient (Wildman–Crippen LogP) is 1.95. The first kappa shape index (κ1) is 12.0. The highest BCUT2D eigenvalue weighted by molar-refractivity contribution is 5.77. The van der Waals surface area contributed by atoms with Gasteiger partial charge >= 0.3 is 0 Å². The van der Waals surface area contributed by atoms with E-state index < -0.39 is 0 Å². The summed E-state index contributed by atoms with van der Waals surface area (Å²) in [7, 11) is 0. The molecule has 1 atom stereocenters. The minimum absolute atomic E-state index is 0.00889. The monoisotopic (exact) mass is 232 g/mol. The van der Waals surface area contributed by atoms with E-state index in [4.69, 9.17) is 5.73 Å². The molecular weight excluding hydrogens is 212 g/mol. The van der Waals surface area contributed by atoms with Crippen molar-refractivity contribution in [2.75, 3.05) is 18.0 Å². The number of anilines is 1. The van der Waals surface area contributed by atoms with Crippen molar-refractivity contribution in [2.24, 2.45) is 11.7 Å². The van der Waals surface area contributed by atoms with Crippen LogP contribution in [0.3, 0.4) is 0 Å². The van der Waals surface area contributed by atoms with E-state index in [-0.39, 0.29) is 11.8 Å². The van der Waals surface area contributed by atoms with Crippen LogP contribution in [-0.4, -0.2) is 19.0 Å². The van der Waals surface area contributed by atoms with Crippen LogP contribution < -0.4 is 10.6 Å². The van der Waals surface area contributed by atoms with Crippen molar-refractivity contribution in [1.82, 2.24) is 0 Å². The Labute approximate surface area is 103 Å². The molecule has 2 N–H and O–H groups in total. The van der Waals surface area contributed by atoms with Crippen LogP contribution >= 0.6 is 0 Å². The molecule has 1 amide bonds. The average Bonchev–Trinajstić information content (AvgIpc) is 2.39. The van der Waals surface area contributed by atoms with Crippen molar-refractivity contribution in [2.45, 2.75) is 26.2 Å². The van der Waals surface area contributed by atoms with Crippen LogP contribution in [0, 0.1) is 5.92 Å².